The van der Waals surface area contributed by atoms with E-state index in [1.165, 1.54) is 0 Å². The maximum absolute atomic E-state index is 11.4. The second-order valence-electron chi connectivity index (χ2n) is 5.37. The van der Waals surface area contributed by atoms with Crippen molar-refractivity contribution in [3.05, 3.63) is 18.2 Å². The van der Waals surface area contributed by atoms with Crippen molar-refractivity contribution in [1.82, 2.24) is 14.5 Å². The SMILES string of the molecule is NC(CN1CCn2ccnc2C1)(C(=O)O)C1CC1. The Kier molecular flexibility index (Phi) is 2.64. The summed E-state index contributed by atoms with van der Waals surface area (Å²) in [5.74, 6) is 0.250. The fraction of sp³-hybridized carbons (Fsp3) is 0.667. The third-order valence-electron chi connectivity index (χ3n) is 4.01. The molecule has 2 aliphatic rings. The third kappa shape index (κ3) is 1.91. The van der Waals surface area contributed by atoms with Crippen molar-refractivity contribution in [2.75, 3.05) is 13.1 Å². The van der Waals surface area contributed by atoms with Crippen LogP contribution in [-0.4, -0.2) is 44.2 Å². The first-order chi connectivity index (χ1) is 8.59. The summed E-state index contributed by atoms with van der Waals surface area (Å²) in [6, 6.07) is 0. The number of carboxylic acids is 1. The van der Waals surface area contributed by atoms with Crippen molar-refractivity contribution in [3.8, 4) is 0 Å². The number of aliphatic carboxylic acids is 1. The van der Waals surface area contributed by atoms with Crippen molar-refractivity contribution in [3.63, 3.8) is 0 Å². The van der Waals surface area contributed by atoms with Crippen molar-refractivity contribution in [2.45, 2.75) is 31.5 Å². The van der Waals surface area contributed by atoms with Crippen molar-refractivity contribution >= 4 is 5.97 Å². The molecule has 0 saturated heterocycles. The molecule has 0 radical (unpaired) electrons. The summed E-state index contributed by atoms with van der Waals surface area (Å²) in [6.07, 6.45) is 5.61. The van der Waals surface area contributed by atoms with Crippen LogP contribution in [0.5, 0.6) is 0 Å². The summed E-state index contributed by atoms with van der Waals surface area (Å²) in [5, 5.41) is 9.36. The number of hydrogen-bond acceptors (Lipinski definition) is 4. The molecule has 1 saturated carbocycles. The molecule has 6 nitrogen and oxygen atoms in total. The van der Waals surface area contributed by atoms with Gasteiger partial charge < -0.3 is 15.4 Å². The number of nitrogens with two attached hydrogens (primary N) is 1. The highest BCUT2D eigenvalue weighted by Crippen LogP contribution is 2.39. The minimum absolute atomic E-state index is 0.136. The Hall–Kier alpha value is -1.40. The summed E-state index contributed by atoms with van der Waals surface area (Å²) in [7, 11) is 0. The van der Waals surface area contributed by atoms with Crippen molar-refractivity contribution in [2.24, 2.45) is 11.7 Å². The smallest absolute Gasteiger partial charge is 0.325 e. The van der Waals surface area contributed by atoms with E-state index in [4.69, 9.17) is 5.73 Å². The molecule has 98 valence electrons. The number of rotatable bonds is 4. The molecule has 3 N–H and O–H groups in total. The van der Waals surface area contributed by atoms with Crippen LogP contribution in [0.4, 0.5) is 0 Å². The van der Waals surface area contributed by atoms with E-state index < -0.39 is 11.5 Å². The van der Waals surface area contributed by atoms with Crippen LogP contribution >= 0.6 is 0 Å². The van der Waals surface area contributed by atoms with Crippen molar-refractivity contribution in [1.29, 1.82) is 0 Å². The van der Waals surface area contributed by atoms with E-state index in [1.54, 1.807) is 6.20 Å². The van der Waals surface area contributed by atoms with Gasteiger partial charge in [-0.15, -0.1) is 0 Å². The Morgan fingerprint density at radius 3 is 3.00 bits per heavy atom. The quantitative estimate of drug-likeness (QED) is 0.779. The number of aromatic nitrogens is 2. The molecule has 1 aliphatic heterocycles. The Labute approximate surface area is 105 Å². The van der Waals surface area contributed by atoms with Crippen molar-refractivity contribution < 1.29 is 9.90 Å². The topological polar surface area (TPSA) is 84.4 Å². The van der Waals surface area contributed by atoms with E-state index in [9.17, 15) is 9.90 Å². The standard InChI is InChI=1S/C12H18N4O2/c13-12(11(17)18,9-1-2-9)8-15-5-6-16-4-3-14-10(16)7-15/h3-4,9H,1-2,5-8,13H2,(H,17,18). The van der Waals surface area contributed by atoms with Gasteiger partial charge in [0, 0.05) is 32.0 Å². The van der Waals surface area contributed by atoms with Gasteiger partial charge in [-0.2, -0.15) is 0 Å². The lowest BCUT2D eigenvalue weighted by Crippen LogP contribution is -2.58. The molecule has 0 aromatic carbocycles. The summed E-state index contributed by atoms with van der Waals surface area (Å²) in [4.78, 5) is 17.8. The lowest BCUT2D eigenvalue weighted by Gasteiger charge is -2.34. The van der Waals surface area contributed by atoms with Crippen LogP contribution in [0.2, 0.25) is 0 Å². The van der Waals surface area contributed by atoms with Gasteiger partial charge in [0.05, 0.1) is 6.54 Å². The monoisotopic (exact) mass is 250 g/mol. The van der Waals surface area contributed by atoms with E-state index in [1.807, 2.05) is 6.20 Å². The van der Waals surface area contributed by atoms with Crippen LogP contribution < -0.4 is 5.73 Å². The number of hydrogen-bond donors (Lipinski definition) is 2. The fourth-order valence-corrected chi connectivity index (χ4v) is 2.70. The lowest BCUT2D eigenvalue weighted by atomic mass is 9.93. The van der Waals surface area contributed by atoms with Crippen LogP contribution in [0.25, 0.3) is 0 Å². The van der Waals surface area contributed by atoms with Gasteiger partial charge in [0.25, 0.3) is 0 Å². The molecule has 18 heavy (non-hydrogen) atoms. The van der Waals surface area contributed by atoms with Crippen LogP contribution in [0.3, 0.4) is 0 Å². The number of nitrogens with zero attached hydrogens (tertiary/aromatic N) is 3. The average molecular weight is 250 g/mol. The molecule has 1 aliphatic carbocycles. The zero-order valence-electron chi connectivity index (χ0n) is 10.2. The van der Waals surface area contributed by atoms with Gasteiger partial charge in [-0.25, -0.2) is 4.98 Å². The van der Waals surface area contributed by atoms with Gasteiger partial charge in [0.15, 0.2) is 0 Å². The number of carboxylic acid groups (broad SMARTS) is 1. The molecule has 0 spiro atoms. The molecule has 6 heteroatoms. The Morgan fingerprint density at radius 2 is 2.33 bits per heavy atom. The maximum Gasteiger partial charge on any atom is 0.325 e. The predicted molar refractivity (Wildman–Crippen MR) is 64.8 cm³/mol. The highest BCUT2D eigenvalue weighted by molar-refractivity contribution is 5.79. The van der Waals surface area contributed by atoms with Gasteiger partial charge >= 0.3 is 5.97 Å². The number of carbonyl (C=O) groups is 1. The Bertz CT molecular complexity index is 468. The third-order valence-corrected chi connectivity index (χ3v) is 4.01. The first-order valence-corrected chi connectivity index (χ1v) is 6.34. The minimum atomic E-state index is -1.09. The average Bonchev–Trinajstić information content (AvgIpc) is 3.09. The summed E-state index contributed by atoms with van der Waals surface area (Å²) >= 11 is 0. The molecule has 1 fully saturated rings. The highest BCUT2D eigenvalue weighted by Gasteiger charge is 2.49. The van der Waals surface area contributed by atoms with Gasteiger partial charge in [-0.3, -0.25) is 9.69 Å². The molecule has 0 bridgehead atoms. The second-order valence-corrected chi connectivity index (χ2v) is 5.37. The van der Waals surface area contributed by atoms with E-state index in [-0.39, 0.29) is 5.92 Å². The number of fused-ring (bicyclic) bond motifs is 1. The molecular formula is C12H18N4O2. The lowest BCUT2D eigenvalue weighted by molar-refractivity contribution is -0.145. The highest BCUT2D eigenvalue weighted by atomic mass is 16.4. The van der Waals surface area contributed by atoms with E-state index >= 15 is 0 Å². The van der Waals surface area contributed by atoms with Crippen LogP contribution in [-0.2, 0) is 17.9 Å². The number of imidazole rings is 1. The van der Waals surface area contributed by atoms with E-state index in [0.717, 1.165) is 31.8 Å². The zero-order chi connectivity index (χ0) is 12.8. The Morgan fingerprint density at radius 1 is 1.56 bits per heavy atom. The van der Waals surface area contributed by atoms with Crippen LogP contribution in [0.15, 0.2) is 12.4 Å². The van der Waals surface area contributed by atoms with E-state index in [2.05, 4.69) is 14.5 Å². The van der Waals surface area contributed by atoms with Crippen LogP contribution in [0.1, 0.15) is 18.7 Å². The zero-order valence-corrected chi connectivity index (χ0v) is 10.2. The molecule has 2 heterocycles. The molecule has 1 unspecified atom stereocenters. The molecule has 1 atom stereocenters. The maximum atomic E-state index is 11.4. The summed E-state index contributed by atoms with van der Waals surface area (Å²) in [6.45, 7) is 2.80. The van der Waals surface area contributed by atoms with Gasteiger partial charge in [-0.1, -0.05) is 0 Å². The second kappa shape index (κ2) is 4.07. The molecule has 0 amide bonds. The molecular weight excluding hydrogens is 232 g/mol. The first kappa shape index (κ1) is 11.7. The molecule has 1 aromatic rings. The van der Waals surface area contributed by atoms with Crippen LogP contribution in [0, 0.1) is 5.92 Å². The molecule has 1 aromatic heterocycles. The van der Waals surface area contributed by atoms with E-state index in [0.29, 0.717) is 13.1 Å². The van der Waals surface area contributed by atoms with Gasteiger partial charge in [-0.05, 0) is 18.8 Å². The Balaban J connectivity index is 1.71. The summed E-state index contributed by atoms with van der Waals surface area (Å²) in [5.41, 5.74) is 5.02. The fourth-order valence-electron chi connectivity index (χ4n) is 2.70. The molecule has 3 rings (SSSR count). The van der Waals surface area contributed by atoms with Gasteiger partial charge in [0.1, 0.15) is 11.4 Å². The largest absolute Gasteiger partial charge is 0.480 e. The first-order valence-electron chi connectivity index (χ1n) is 6.34. The predicted octanol–water partition coefficient (Wildman–Crippen LogP) is -0.109. The minimum Gasteiger partial charge on any atom is -0.480 e. The van der Waals surface area contributed by atoms with Gasteiger partial charge in [0.2, 0.25) is 0 Å². The normalized spacial score (nSPS) is 23.4. The summed E-state index contributed by atoms with van der Waals surface area (Å²) < 4.78 is 2.10.